The van der Waals surface area contributed by atoms with Crippen molar-refractivity contribution in [3.05, 3.63) is 77.0 Å². The van der Waals surface area contributed by atoms with E-state index in [1.54, 1.807) is 37.7 Å². The van der Waals surface area contributed by atoms with Crippen LogP contribution in [0.1, 0.15) is 5.56 Å². The molecule has 35 heavy (non-hydrogen) atoms. The molecular formula is C24H26BrN5O4S. The summed E-state index contributed by atoms with van der Waals surface area (Å²) in [4.78, 5) is 18.5. The van der Waals surface area contributed by atoms with Gasteiger partial charge in [0.2, 0.25) is 10.0 Å². The fourth-order valence-electron chi connectivity index (χ4n) is 3.75. The minimum atomic E-state index is -3.64. The fraction of sp³-hybridized carbons (Fsp3) is 0.250. The van der Waals surface area contributed by atoms with Gasteiger partial charge in [0.05, 0.1) is 16.5 Å². The van der Waals surface area contributed by atoms with Crippen molar-refractivity contribution < 1.29 is 17.9 Å². The molecule has 184 valence electrons. The Bertz CT molecular complexity index is 1260. The number of carbonyl (C=O) groups excluding carboxylic acids is 1. The van der Waals surface area contributed by atoms with E-state index in [9.17, 15) is 13.2 Å². The number of amides is 2. The predicted octanol–water partition coefficient (Wildman–Crippen LogP) is 3.69. The molecule has 2 amide bonds. The lowest BCUT2D eigenvalue weighted by Crippen LogP contribution is -2.48. The van der Waals surface area contributed by atoms with Crippen LogP contribution in [0.15, 0.2) is 76.4 Å². The molecule has 0 aliphatic carbocycles. The zero-order valence-electron chi connectivity index (χ0n) is 19.1. The van der Waals surface area contributed by atoms with Crippen LogP contribution in [0.2, 0.25) is 0 Å². The van der Waals surface area contributed by atoms with E-state index in [2.05, 4.69) is 36.4 Å². The fourth-order valence-corrected chi connectivity index (χ4v) is 5.58. The van der Waals surface area contributed by atoms with Crippen LogP contribution in [0, 0.1) is 0 Å². The van der Waals surface area contributed by atoms with E-state index in [1.165, 1.54) is 16.4 Å². The Kier molecular flexibility index (Phi) is 7.89. The second kappa shape index (κ2) is 11.1. The van der Waals surface area contributed by atoms with Gasteiger partial charge in [-0.1, -0.05) is 6.07 Å². The van der Waals surface area contributed by atoms with Gasteiger partial charge in [-0.2, -0.15) is 4.31 Å². The molecule has 9 nitrogen and oxygen atoms in total. The first-order valence-electron chi connectivity index (χ1n) is 11.0. The van der Waals surface area contributed by atoms with E-state index >= 15 is 0 Å². The molecule has 0 spiro atoms. The third kappa shape index (κ3) is 6.11. The van der Waals surface area contributed by atoms with Gasteiger partial charge in [0.1, 0.15) is 5.75 Å². The van der Waals surface area contributed by atoms with Crippen LogP contribution in [0.25, 0.3) is 0 Å². The Labute approximate surface area is 213 Å². The Morgan fingerprint density at radius 1 is 1.09 bits per heavy atom. The second-order valence-electron chi connectivity index (χ2n) is 7.90. The molecule has 11 heteroatoms. The molecule has 1 aliphatic rings. The number of benzene rings is 2. The number of methoxy groups -OCH3 is 1. The van der Waals surface area contributed by atoms with Crippen LogP contribution in [-0.4, -0.2) is 57.0 Å². The normalized spacial score (nSPS) is 14.4. The Balaban J connectivity index is 1.33. The molecule has 1 aliphatic heterocycles. The van der Waals surface area contributed by atoms with Crippen molar-refractivity contribution in [2.75, 3.05) is 43.5 Å². The van der Waals surface area contributed by atoms with Gasteiger partial charge in [-0.05, 0) is 64.0 Å². The van der Waals surface area contributed by atoms with Gasteiger partial charge in [0.15, 0.2) is 0 Å². The van der Waals surface area contributed by atoms with Crippen molar-refractivity contribution in [2.24, 2.45) is 0 Å². The van der Waals surface area contributed by atoms with Gasteiger partial charge in [0, 0.05) is 62.6 Å². The van der Waals surface area contributed by atoms with Crippen LogP contribution < -0.4 is 20.3 Å². The Morgan fingerprint density at radius 3 is 2.49 bits per heavy atom. The van der Waals surface area contributed by atoms with Crippen molar-refractivity contribution >= 4 is 43.4 Å². The van der Waals surface area contributed by atoms with E-state index in [-0.39, 0.29) is 10.9 Å². The van der Waals surface area contributed by atoms with Crippen molar-refractivity contribution in [1.29, 1.82) is 0 Å². The average Bonchev–Trinajstić information content (AvgIpc) is 2.89. The number of piperazine rings is 1. The van der Waals surface area contributed by atoms with Crippen molar-refractivity contribution in [1.82, 2.24) is 14.6 Å². The van der Waals surface area contributed by atoms with Crippen LogP contribution in [-0.2, 0) is 16.6 Å². The first-order valence-corrected chi connectivity index (χ1v) is 13.2. The summed E-state index contributed by atoms with van der Waals surface area (Å²) >= 11 is 3.45. The summed E-state index contributed by atoms with van der Waals surface area (Å²) in [6.45, 7) is 2.22. The summed E-state index contributed by atoms with van der Waals surface area (Å²) in [5.41, 5.74) is 2.37. The molecule has 2 heterocycles. The summed E-state index contributed by atoms with van der Waals surface area (Å²) in [5.74, 6) is 0.733. The number of halogens is 1. The Hall–Kier alpha value is -3.15. The number of sulfonamides is 1. The largest absolute Gasteiger partial charge is 0.495 e. The highest BCUT2D eigenvalue weighted by Gasteiger charge is 2.28. The molecule has 2 aromatic carbocycles. The van der Waals surface area contributed by atoms with E-state index in [0.717, 1.165) is 21.5 Å². The maximum atomic E-state index is 13.1. The highest BCUT2D eigenvalue weighted by atomic mass is 79.9. The molecule has 2 N–H and O–H groups in total. The molecule has 0 saturated carbocycles. The Morgan fingerprint density at radius 2 is 1.83 bits per heavy atom. The molecule has 4 rings (SSSR count). The van der Waals surface area contributed by atoms with Crippen LogP contribution in [0.3, 0.4) is 0 Å². The molecular weight excluding hydrogens is 534 g/mol. The summed E-state index contributed by atoms with van der Waals surface area (Å²) in [6.07, 6.45) is 3.34. The average molecular weight is 560 g/mol. The van der Waals surface area contributed by atoms with Gasteiger partial charge in [0.25, 0.3) is 0 Å². The van der Waals surface area contributed by atoms with E-state index in [1.807, 2.05) is 24.3 Å². The van der Waals surface area contributed by atoms with Gasteiger partial charge in [-0.15, -0.1) is 0 Å². The van der Waals surface area contributed by atoms with E-state index < -0.39 is 10.0 Å². The predicted molar refractivity (Wildman–Crippen MR) is 138 cm³/mol. The SMILES string of the molecule is COc1cc(N2CCN(S(=O)(=O)c3ccc(NC(=O)NCc4cccnc4)cc3)CC2)ccc1Br. The van der Waals surface area contributed by atoms with Gasteiger partial charge < -0.3 is 20.3 Å². The quantitative estimate of drug-likeness (QED) is 0.457. The molecule has 0 unspecified atom stereocenters. The number of nitrogens with zero attached hydrogens (tertiary/aromatic N) is 3. The third-order valence-corrected chi connectivity index (χ3v) is 8.23. The van der Waals surface area contributed by atoms with Gasteiger partial charge in [-0.3, -0.25) is 4.98 Å². The monoisotopic (exact) mass is 559 g/mol. The maximum Gasteiger partial charge on any atom is 0.319 e. The molecule has 1 saturated heterocycles. The lowest BCUT2D eigenvalue weighted by molar-refractivity contribution is 0.251. The maximum absolute atomic E-state index is 13.1. The van der Waals surface area contributed by atoms with Gasteiger partial charge >= 0.3 is 6.03 Å². The van der Waals surface area contributed by atoms with E-state index in [4.69, 9.17) is 4.74 Å². The first-order chi connectivity index (χ1) is 16.9. The zero-order chi connectivity index (χ0) is 24.8. The molecule has 0 bridgehead atoms. The number of aromatic nitrogens is 1. The number of pyridine rings is 1. The highest BCUT2D eigenvalue weighted by Crippen LogP contribution is 2.30. The lowest BCUT2D eigenvalue weighted by Gasteiger charge is -2.35. The van der Waals surface area contributed by atoms with Crippen molar-refractivity contribution in [3.63, 3.8) is 0 Å². The smallest absolute Gasteiger partial charge is 0.319 e. The number of hydrogen-bond donors (Lipinski definition) is 2. The standard InChI is InChI=1S/C24H26BrN5O4S/c1-34-23-15-20(6-9-22(23)25)29-11-13-30(14-12-29)35(32,33)21-7-4-19(5-8-21)28-24(31)27-17-18-3-2-10-26-16-18/h2-10,15-16H,11-14,17H2,1H3,(H2,27,28,31). The van der Waals surface area contributed by atoms with Crippen molar-refractivity contribution in [2.45, 2.75) is 11.4 Å². The molecule has 0 atom stereocenters. The summed E-state index contributed by atoms with van der Waals surface area (Å²) in [5, 5.41) is 5.45. The second-order valence-corrected chi connectivity index (χ2v) is 10.7. The number of anilines is 2. The molecule has 1 fully saturated rings. The number of rotatable bonds is 7. The zero-order valence-corrected chi connectivity index (χ0v) is 21.5. The molecule has 1 aromatic heterocycles. The summed E-state index contributed by atoms with van der Waals surface area (Å²) in [6, 6.07) is 15.3. The number of hydrogen-bond acceptors (Lipinski definition) is 6. The van der Waals surface area contributed by atoms with Crippen LogP contribution >= 0.6 is 15.9 Å². The summed E-state index contributed by atoms with van der Waals surface area (Å²) in [7, 11) is -2.02. The minimum Gasteiger partial charge on any atom is -0.495 e. The number of nitrogens with one attached hydrogen (secondary N) is 2. The van der Waals surface area contributed by atoms with Crippen molar-refractivity contribution in [3.8, 4) is 5.75 Å². The lowest BCUT2D eigenvalue weighted by atomic mass is 10.2. The third-order valence-electron chi connectivity index (χ3n) is 5.66. The van der Waals surface area contributed by atoms with Crippen LogP contribution in [0.4, 0.5) is 16.2 Å². The molecule has 3 aromatic rings. The highest BCUT2D eigenvalue weighted by molar-refractivity contribution is 9.10. The minimum absolute atomic E-state index is 0.192. The summed E-state index contributed by atoms with van der Waals surface area (Å²) < 4.78 is 34.0. The van der Waals surface area contributed by atoms with Gasteiger partial charge in [-0.25, -0.2) is 13.2 Å². The number of carbonyl (C=O) groups is 1. The van der Waals surface area contributed by atoms with E-state index in [0.29, 0.717) is 38.4 Å². The first kappa shape index (κ1) is 25.0. The topological polar surface area (TPSA) is 104 Å². The van der Waals surface area contributed by atoms with Crippen LogP contribution in [0.5, 0.6) is 5.75 Å². The number of ether oxygens (including phenoxy) is 1. The molecule has 0 radical (unpaired) electrons. The number of urea groups is 1.